The third-order valence-corrected chi connectivity index (χ3v) is 3.20. The van der Waals surface area contributed by atoms with Gasteiger partial charge in [0.25, 0.3) is 0 Å². The molecule has 0 saturated carbocycles. The summed E-state index contributed by atoms with van der Waals surface area (Å²) in [7, 11) is 0. The maximum absolute atomic E-state index is 13.5. The Morgan fingerprint density at radius 1 is 1.05 bits per heavy atom. The first-order chi connectivity index (χ1) is 10.5. The smallest absolute Gasteiger partial charge is 0.319 e. The van der Waals surface area contributed by atoms with Crippen LogP contribution in [0.4, 0.5) is 23.7 Å². The Morgan fingerprint density at radius 3 is 2.36 bits per heavy atom. The van der Waals surface area contributed by atoms with E-state index in [2.05, 4.69) is 10.6 Å². The molecule has 0 fully saturated rings. The van der Waals surface area contributed by atoms with Gasteiger partial charge in [0.05, 0.1) is 11.7 Å². The lowest BCUT2D eigenvalue weighted by Gasteiger charge is -2.18. The summed E-state index contributed by atoms with van der Waals surface area (Å²) < 4.78 is 39.5. The zero-order chi connectivity index (χ0) is 16.1. The summed E-state index contributed by atoms with van der Waals surface area (Å²) >= 11 is 0. The molecule has 22 heavy (non-hydrogen) atoms. The van der Waals surface area contributed by atoms with Gasteiger partial charge < -0.3 is 10.6 Å². The molecule has 0 spiro atoms. The molecule has 0 saturated heterocycles. The minimum Gasteiger partial charge on any atom is -0.331 e. The Kier molecular flexibility index (Phi) is 5.04. The molecule has 0 aliphatic rings. The van der Waals surface area contributed by atoms with Crippen LogP contribution in [0.3, 0.4) is 0 Å². The number of carbonyl (C=O) groups excluding carboxylic acids is 1. The van der Waals surface area contributed by atoms with Crippen molar-refractivity contribution in [3.63, 3.8) is 0 Å². The van der Waals surface area contributed by atoms with Crippen molar-refractivity contribution >= 4 is 11.7 Å². The van der Waals surface area contributed by atoms with Gasteiger partial charge in [0.2, 0.25) is 0 Å². The van der Waals surface area contributed by atoms with E-state index in [1.807, 2.05) is 37.3 Å². The summed E-state index contributed by atoms with van der Waals surface area (Å²) in [4.78, 5) is 11.9. The highest BCUT2D eigenvalue weighted by atomic mass is 19.2. The number of amides is 2. The van der Waals surface area contributed by atoms with Crippen molar-refractivity contribution in [2.24, 2.45) is 0 Å². The topological polar surface area (TPSA) is 41.1 Å². The third-order valence-electron chi connectivity index (χ3n) is 3.20. The Balaban J connectivity index is 2.08. The van der Waals surface area contributed by atoms with Crippen LogP contribution < -0.4 is 10.6 Å². The quantitative estimate of drug-likeness (QED) is 0.809. The second-order valence-corrected chi connectivity index (χ2v) is 4.69. The van der Waals surface area contributed by atoms with E-state index in [-0.39, 0.29) is 6.04 Å². The minimum absolute atomic E-state index is 0.269. The Labute approximate surface area is 126 Å². The van der Waals surface area contributed by atoms with Crippen LogP contribution >= 0.6 is 0 Å². The third kappa shape index (κ3) is 3.58. The van der Waals surface area contributed by atoms with E-state index in [9.17, 15) is 18.0 Å². The van der Waals surface area contributed by atoms with Crippen molar-refractivity contribution in [3.8, 4) is 0 Å². The standard InChI is InChI=1S/C16H15F3N2O/c1-2-12(10-6-4-3-5-7-10)20-16(22)21-13-9-8-11(17)14(18)15(13)19/h3-9,12H,2H2,1H3,(H2,20,21,22). The van der Waals surface area contributed by atoms with Crippen LogP contribution in [0.1, 0.15) is 24.9 Å². The van der Waals surface area contributed by atoms with Crippen LogP contribution in [-0.2, 0) is 0 Å². The van der Waals surface area contributed by atoms with Crippen LogP contribution in [0.15, 0.2) is 42.5 Å². The van der Waals surface area contributed by atoms with E-state index in [1.54, 1.807) is 0 Å². The first-order valence-corrected chi connectivity index (χ1v) is 6.79. The van der Waals surface area contributed by atoms with Crippen molar-refractivity contribution in [2.75, 3.05) is 5.32 Å². The summed E-state index contributed by atoms with van der Waals surface area (Å²) in [6.07, 6.45) is 0.623. The summed E-state index contributed by atoms with van der Waals surface area (Å²) in [5.74, 6) is -4.35. The van der Waals surface area contributed by atoms with Gasteiger partial charge in [-0.15, -0.1) is 0 Å². The number of hydrogen-bond acceptors (Lipinski definition) is 1. The normalized spacial score (nSPS) is 11.8. The van der Waals surface area contributed by atoms with E-state index in [4.69, 9.17) is 0 Å². The summed E-state index contributed by atoms with van der Waals surface area (Å²) in [6, 6.07) is 10.0. The number of nitrogens with one attached hydrogen (secondary N) is 2. The van der Waals surface area contributed by atoms with E-state index < -0.39 is 29.2 Å². The molecule has 6 heteroatoms. The maximum Gasteiger partial charge on any atom is 0.319 e. The zero-order valence-electron chi connectivity index (χ0n) is 11.9. The first-order valence-electron chi connectivity index (χ1n) is 6.79. The number of halogens is 3. The molecule has 2 rings (SSSR count). The second-order valence-electron chi connectivity index (χ2n) is 4.69. The first kappa shape index (κ1) is 15.9. The number of carbonyl (C=O) groups is 1. The van der Waals surface area contributed by atoms with Gasteiger partial charge in [0.15, 0.2) is 17.5 Å². The molecule has 0 bridgehead atoms. The van der Waals surface area contributed by atoms with Gasteiger partial charge in [-0.2, -0.15) is 0 Å². The fraction of sp³-hybridized carbons (Fsp3) is 0.188. The average Bonchev–Trinajstić information content (AvgIpc) is 2.54. The van der Waals surface area contributed by atoms with Crippen molar-refractivity contribution in [1.82, 2.24) is 5.32 Å². The number of anilines is 1. The highest BCUT2D eigenvalue weighted by molar-refractivity contribution is 5.89. The molecular weight excluding hydrogens is 293 g/mol. The van der Waals surface area contributed by atoms with E-state index in [1.165, 1.54) is 0 Å². The fourth-order valence-electron chi connectivity index (χ4n) is 2.05. The lowest BCUT2D eigenvalue weighted by molar-refractivity contribution is 0.248. The van der Waals surface area contributed by atoms with Crippen LogP contribution in [0.5, 0.6) is 0 Å². The van der Waals surface area contributed by atoms with Gasteiger partial charge in [-0.3, -0.25) is 0 Å². The molecule has 3 nitrogen and oxygen atoms in total. The molecular formula is C16H15F3N2O. The molecule has 2 aromatic rings. The minimum atomic E-state index is -1.62. The van der Waals surface area contributed by atoms with Crippen molar-refractivity contribution in [1.29, 1.82) is 0 Å². The fourth-order valence-corrected chi connectivity index (χ4v) is 2.05. The second kappa shape index (κ2) is 6.98. The number of urea groups is 1. The Morgan fingerprint density at radius 2 is 1.73 bits per heavy atom. The van der Waals surface area contributed by atoms with Gasteiger partial charge >= 0.3 is 6.03 Å². The molecule has 2 aromatic carbocycles. The lowest BCUT2D eigenvalue weighted by Crippen LogP contribution is -2.32. The molecule has 0 aliphatic carbocycles. The zero-order valence-corrected chi connectivity index (χ0v) is 11.9. The predicted octanol–water partition coefficient (Wildman–Crippen LogP) is 4.38. The van der Waals surface area contributed by atoms with Gasteiger partial charge in [-0.1, -0.05) is 37.3 Å². The molecule has 116 valence electrons. The monoisotopic (exact) mass is 308 g/mol. The molecule has 0 heterocycles. The van der Waals surface area contributed by atoms with Crippen LogP contribution in [0, 0.1) is 17.5 Å². The molecule has 2 amide bonds. The SMILES string of the molecule is CCC(NC(=O)Nc1ccc(F)c(F)c1F)c1ccccc1. The van der Waals surface area contributed by atoms with Gasteiger partial charge in [0.1, 0.15) is 0 Å². The van der Waals surface area contributed by atoms with Crippen LogP contribution in [-0.4, -0.2) is 6.03 Å². The number of rotatable bonds is 4. The largest absolute Gasteiger partial charge is 0.331 e. The van der Waals surface area contributed by atoms with Gasteiger partial charge in [0, 0.05) is 0 Å². The molecule has 1 unspecified atom stereocenters. The summed E-state index contributed by atoms with van der Waals surface area (Å²) in [5, 5.41) is 4.84. The van der Waals surface area contributed by atoms with Gasteiger partial charge in [-0.05, 0) is 24.1 Å². The number of benzene rings is 2. The van der Waals surface area contributed by atoms with Crippen LogP contribution in [0.25, 0.3) is 0 Å². The summed E-state index contributed by atoms with van der Waals surface area (Å²) in [6.45, 7) is 1.89. The van der Waals surface area contributed by atoms with E-state index >= 15 is 0 Å². The highest BCUT2D eigenvalue weighted by Gasteiger charge is 2.17. The Hall–Kier alpha value is -2.50. The highest BCUT2D eigenvalue weighted by Crippen LogP contribution is 2.20. The maximum atomic E-state index is 13.5. The molecule has 0 aliphatic heterocycles. The molecule has 1 atom stereocenters. The van der Waals surface area contributed by atoms with Gasteiger partial charge in [-0.25, -0.2) is 18.0 Å². The lowest BCUT2D eigenvalue weighted by atomic mass is 10.1. The van der Waals surface area contributed by atoms with E-state index in [0.29, 0.717) is 6.42 Å². The van der Waals surface area contributed by atoms with Crippen molar-refractivity contribution in [2.45, 2.75) is 19.4 Å². The molecule has 2 N–H and O–H groups in total. The van der Waals surface area contributed by atoms with Crippen molar-refractivity contribution in [3.05, 3.63) is 65.5 Å². The average molecular weight is 308 g/mol. The van der Waals surface area contributed by atoms with E-state index in [0.717, 1.165) is 17.7 Å². The van der Waals surface area contributed by atoms with Crippen LogP contribution in [0.2, 0.25) is 0 Å². The van der Waals surface area contributed by atoms with Crippen molar-refractivity contribution < 1.29 is 18.0 Å². The number of hydrogen-bond donors (Lipinski definition) is 2. The summed E-state index contributed by atoms with van der Waals surface area (Å²) in [5.41, 5.74) is 0.477. The predicted molar refractivity (Wildman–Crippen MR) is 77.9 cm³/mol. The Bertz CT molecular complexity index is 662. The molecule has 0 aromatic heterocycles. The molecule has 0 radical (unpaired) electrons.